The minimum absolute atomic E-state index is 0.885. The highest BCUT2D eigenvalue weighted by molar-refractivity contribution is 7.71. The monoisotopic (exact) mass is 189 g/mol. The van der Waals surface area contributed by atoms with Crippen molar-refractivity contribution in [3.63, 3.8) is 0 Å². The number of rotatable bonds is 0. The third kappa shape index (κ3) is 1.27. The first-order chi connectivity index (χ1) is 6.20. The van der Waals surface area contributed by atoms with Crippen LogP contribution in [0.2, 0.25) is 0 Å². The average Bonchev–Trinajstić information content (AvgIpc) is 2.15. The third-order valence-corrected chi connectivity index (χ3v) is 2.75. The smallest absolute Gasteiger partial charge is 0.106 e. The number of fused-ring (bicyclic) bond motifs is 1. The zero-order valence-corrected chi connectivity index (χ0v) is 8.56. The molecule has 0 radical (unpaired) electrons. The van der Waals surface area contributed by atoms with Gasteiger partial charge >= 0.3 is 0 Å². The van der Waals surface area contributed by atoms with Crippen LogP contribution in [0, 0.1) is 11.6 Å². The maximum absolute atomic E-state index is 5.23. The molecule has 0 atom stereocenters. The van der Waals surface area contributed by atoms with Gasteiger partial charge in [-0.15, -0.1) is 0 Å². The van der Waals surface area contributed by atoms with Crippen LogP contribution in [0.4, 0.5) is 0 Å². The molecule has 0 unspecified atom stereocenters. The van der Waals surface area contributed by atoms with Crippen LogP contribution >= 0.6 is 12.2 Å². The second kappa shape index (κ2) is 2.96. The van der Waals surface area contributed by atoms with Gasteiger partial charge < -0.3 is 4.57 Å². The number of hydrogen-bond acceptors (Lipinski definition) is 1. The molecule has 0 aliphatic heterocycles. The second-order valence-corrected chi connectivity index (χ2v) is 3.66. The van der Waals surface area contributed by atoms with Gasteiger partial charge in [-0.05, 0) is 24.6 Å². The van der Waals surface area contributed by atoms with E-state index >= 15 is 0 Å². The molecule has 0 bridgehead atoms. The first-order valence-corrected chi connectivity index (χ1v) is 4.66. The molecule has 2 rings (SSSR count). The van der Waals surface area contributed by atoms with Crippen molar-refractivity contribution >= 4 is 23.1 Å². The van der Waals surface area contributed by atoms with E-state index in [0.717, 1.165) is 4.64 Å². The highest BCUT2D eigenvalue weighted by Crippen LogP contribution is 2.17. The molecule has 1 heterocycles. The molecule has 2 aromatic rings. The Balaban J connectivity index is 3.06. The van der Waals surface area contributed by atoms with Crippen molar-refractivity contribution in [2.45, 2.75) is 6.92 Å². The molecule has 0 fully saturated rings. The maximum Gasteiger partial charge on any atom is 0.106 e. The minimum atomic E-state index is 0.885. The molecule has 1 nitrogen and oxygen atoms in total. The number of aryl methyl sites for hydroxylation is 2. The standard InChI is InChI=1S/C11H11NS/c1-8-7-11(13)12(2)10-6-4-3-5-9(8)10/h3-7H,1-2H3. The summed E-state index contributed by atoms with van der Waals surface area (Å²) in [4.78, 5) is 0. The van der Waals surface area contributed by atoms with Crippen molar-refractivity contribution in [2.75, 3.05) is 0 Å². The molecule has 1 aromatic heterocycles. The molecule has 0 amide bonds. The lowest BCUT2D eigenvalue weighted by Crippen LogP contribution is -1.95. The van der Waals surface area contributed by atoms with E-state index in [0.29, 0.717) is 0 Å². The molecule has 1 aromatic carbocycles. The molecule has 66 valence electrons. The lowest BCUT2D eigenvalue weighted by atomic mass is 10.1. The number of pyridine rings is 1. The maximum atomic E-state index is 5.23. The van der Waals surface area contributed by atoms with Crippen LogP contribution in [0.15, 0.2) is 30.3 Å². The molecule has 0 saturated heterocycles. The molecule has 2 heteroatoms. The molecule has 0 aliphatic carbocycles. The predicted octanol–water partition coefficient (Wildman–Crippen LogP) is 3.22. The van der Waals surface area contributed by atoms with E-state index in [1.165, 1.54) is 16.5 Å². The summed E-state index contributed by atoms with van der Waals surface area (Å²) < 4.78 is 2.92. The van der Waals surface area contributed by atoms with Gasteiger partial charge in [-0.2, -0.15) is 0 Å². The topological polar surface area (TPSA) is 4.93 Å². The van der Waals surface area contributed by atoms with Crippen molar-refractivity contribution in [1.82, 2.24) is 4.57 Å². The van der Waals surface area contributed by atoms with Gasteiger partial charge in [-0.25, -0.2) is 0 Å². The Morgan fingerprint density at radius 1 is 1.23 bits per heavy atom. The van der Waals surface area contributed by atoms with Gasteiger partial charge in [0.25, 0.3) is 0 Å². The highest BCUT2D eigenvalue weighted by atomic mass is 32.1. The van der Waals surface area contributed by atoms with Crippen LogP contribution in [0.25, 0.3) is 10.9 Å². The zero-order valence-electron chi connectivity index (χ0n) is 7.74. The SMILES string of the molecule is Cc1cc(=S)n(C)c2ccccc12. The van der Waals surface area contributed by atoms with E-state index in [2.05, 4.69) is 25.1 Å². The van der Waals surface area contributed by atoms with Crippen molar-refractivity contribution in [3.05, 3.63) is 40.5 Å². The molecular weight excluding hydrogens is 178 g/mol. The zero-order chi connectivity index (χ0) is 9.42. The van der Waals surface area contributed by atoms with E-state index in [-0.39, 0.29) is 0 Å². The molecule has 13 heavy (non-hydrogen) atoms. The summed E-state index contributed by atoms with van der Waals surface area (Å²) in [6.07, 6.45) is 0. The van der Waals surface area contributed by atoms with E-state index in [4.69, 9.17) is 12.2 Å². The number of para-hydroxylation sites is 1. The Kier molecular flexibility index (Phi) is 1.93. The van der Waals surface area contributed by atoms with Crippen LogP contribution in [0.5, 0.6) is 0 Å². The quantitative estimate of drug-likeness (QED) is 0.576. The predicted molar refractivity (Wildman–Crippen MR) is 58.5 cm³/mol. The largest absolute Gasteiger partial charge is 0.335 e. The number of hydrogen-bond donors (Lipinski definition) is 0. The van der Waals surface area contributed by atoms with Crippen LogP contribution in [0.1, 0.15) is 5.56 Å². The molecule has 0 aliphatic rings. The minimum Gasteiger partial charge on any atom is -0.335 e. The summed E-state index contributed by atoms with van der Waals surface area (Å²) in [6.45, 7) is 2.10. The first-order valence-electron chi connectivity index (χ1n) is 4.25. The summed E-state index contributed by atoms with van der Waals surface area (Å²) >= 11 is 5.23. The normalized spacial score (nSPS) is 10.6. The Morgan fingerprint density at radius 3 is 2.69 bits per heavy atom. The van der Waals surface area contributed by atoms with Crippen LogP contribution in [0.3, 0.4) is 0 Å². The Morgan fingerprint density at radius 2 is 1.92 bits per heavy atom. The van der Waals surface area contributed by atoms with E-state index in [1.807, 2.05) is 23.7 Å². The average molecular weight is 189 g/mol. The molecule has 0 N–H and O–H groups in total. The molecular formula is C11H11NS. The highest BCUT2D eigenvalue weighted by Gasteiger charge is 1.98. The van der Waals surface area contributed by atoms with Crippen LogP contribution < -0.4 is 0 Å². The number of benzene rings is 1. The van der Waals surface area contributed by atoms with Crippen LogP contribution in [-0.4, -0.2) is 4.57 Å². The van der Waals surface area contributed by atoms with Gasteiger partial charge in [-0.3, -0.25) is 0 Å². The van der Waals surface area contributed by atoms with Gasteiger partial charge in [0, 0.05) is 18.0 Å². The first kappa shape index (κ1) is 8.45. The lowest BCUT2D eigenvalue weighted by Gasteiger charge is -2.07. The van der Waals surface area contributed by atoms with E-state index in [9.17, 15) is 0 Å². The fourth-order valence-electron chi connectivity index (χ4n) is 1.58. The van der Waals surface area contributed by atoms with Crippen LogP contribution in [-0.2, 0) is 7.05 Å². The molecule has 0 spiro atoms. The van der Waals surface area contributed by atoms with Gasteiger partial charge in [-0.1, -0.05) is 30.4 Å². The van der Waals surface area contributed by atoms with Crippen molar-refractivity contribution in [3.8, 4) is 0 Å². The number of nitrogens with zero attached hydrogens (tertiary/aromatic N) is 1. The van der Waals surface area contributed by atoms with Gasteiger partial charge in [0.1, 0.15) is 4.64 Å². The summed E-state index contributed by atoms with van der Waals surface area (Å²) in [5.74, 6) is 0. The number of aromatic nitrogens is 1. The molecule has 0 saturated carbocycles. The summed E-state index contributed by atoms with van der Waals surface area (Å²) in [5, 5.41) is 1.28. The summed E-state index contributed by atoms with van der Waals surface area (Å²) in [7, 11) is 2.00. The Hall–Kier alpha value is -1.15. The lowest BCUT2D eigenvalue weighted by molar-refractivity contribution is 0.932. The van der Waals surface area contributed by atoms with E-state index in [1.54, 1.807) is 0 Å². The fraction of sp³-hybridized carbons (Fsp3) is 0.182. The van der Waals surface area contributed by atoms with Gasteiger partial charge in [0.05, 0.1) is 0 Å². The third-order valence-electron chi connectivity index (χ3n) is 2.36. The summed E-state index contributed by atoms with van der Waals surface area (Å²) in [5.41, 5.74) is 2.45. The Labute approximate surface area is 82.6 Å². The van der Waals surface area contributed by atoms with E-state index < -0.39 is 0 Å². The fourth-order valence-corrected chi connectivity index (χ4v) is 1.85. The summed E-state index contributed by atoms with van der Waals surface area (Å²) in [6, 6.07) is 10.4. The van der Waals surface area contributed by atoms with Crippen molar-refractivity contribution < 1.29 is 0 Å². The van der Waals surface area contributed by atoms with Crippen molar-refractivity contribution in [2.24, 2.45) is 7.05 Å². The van der Waals surface area contributed by atoms with Gasteiger partial charge in [0.15, 0.2) is 0 Å². The second-order valence-electron chi connectivity index (χ2n) is 3.24. The Bertz CT molecular complexity index is 511. The van der Waals surface area contributed by atoms with Gasteiger partial charge in [0.2, 0.25) is 0 Å². The van der Waals surface area contributed by atoms with Crippen molar-refractivity contribution in [1.29, 1.82) is 0 Å².